The van der Waals surface area contributed by atoms with E-state index in [1.165, 1.54) is 43.4 Å². The monoisotopic (exact) mass is 640 g/mol. The van der Waals surface area contributed by atoms with E-state index in [0.717, 1.165) is 44.9 Å². The van der Waals surface area contributed by atoms with Gasteiger partial charge in [-0.2, -0.15) is 5.10 Å². The number of aromatic nitrogens is 6. The fourth-order valence-electron chi connectivity index (χ4n) is 7.98. The summed E-state index contributed by atoms with van der Waals surface area (Å²) in [6, 6.07) is 53.9. The van der Waals surface area contributed by atoms with Gasteiger partial charge in [0.2, 0.25) is 0 Å². The number of fused-ring (bicyclic) bond motifs is 9. The zero-order chi connectivity index (χ0) is 32.8. The van der Waals surface area contributed by atoms with Gasteiger partial charge in [0.25, 0.3) is 0 Å². The van der Waals surface area contributed by atoms with Crippen molar-refractivity contribution in [2.45, 2.75) is 0 Å². The lowest BCUT2D eigenvalue weighted by Crippen LogP contribution is -1.99. The quantitative estimate of drug-likeness (QED) is 0.192. The second-order valence-corrected chi connectivity index (χ2v) is 12.8. The van der Waals surface area contributed by atoms with Crippen molar-refractivity contribution in [1.82, 2.24) is 28.5 Å². The van der Waals surface area contributed by atoms with E-state index in [1.807, 2.05) is 29.2 Å². The summed E-state index contributed by atoms with van der Waals surface area (Å²) in [5.41, 5.74) is 9.99. The number of para-hydroxylation sites is 4. The minimum absolute atomic E-state index is 0.901. The van der Waals surface area contributed by atoms with Crippen molar-refractivity contribution in [2.24, 2.45) is 0 Å². The molecule has 5 aromatic heterocycles. The highest BCUT2D eigenvalue weighted by Gasteiger charge is 2.18. The Balaban J connectivity index is 1.12. The average molecular weight is 641 g/mol. The van der Waals surface area contributed by atoms with Crippen LogP contribution in [0.25, 0.3) is 88.3 Å². The summed E-state index contributed by atoms with van der Waals surface area (Å²) in [5, 5.41) is 12.2. The third-order valence-electron chi connectivity index (χ3n) is 10.1. The number of hydrogen-bond donors (Lipinski definition) is 0. The molecule has 0 bridgehead atoms. The Morgan fingerprint density at radius 3 is 1.40 bits per heavy atom. The Kier molecular flexibility index (Phi) is 5.57. The van der Waals surface area contributed by atoms with Gasteiger partial charge in [-0.05, 0) is 60.7 Å². The average Bonchev–Trinajstić information content (AvgIpc) is 3.94. The van der Waals surface area contributed by atoms with Crippen LogP contribution in [-0.2, 0) is 0 Å². The van der Waals surface area contributed by atoms with Gasteiger partial charge in [-0.1, -0.05) is 91.0 Å². The van der Waals surface area contributed by atoms with Gasteiger partial charge in [0.15, 0.2) is 0 Å². The van der Waals surface area contributed by atoms with Gasteiger partial charge >= 0.3 is 0 Å². The highest BCUT2D eigenvalue weighted by Crippen LogP contribution is 2.37. The minimum Gasteiger partial charge on any atom is -0.309 e. The first-order chi connectivity index (χ1) is 24.8. The maximum Gasteiger partial charge on any atom is 0.137 e. The van der Waals surface area contributed by atoms with Crippen molar-refractivity contribution >= 4 is 65.4 Å². The molecular weight excluding hydrogens is 613 g/mol. The molecule has 0 saturated heterocycles. The number of hydrogen-bond acceptors (Lipinski definition) is 2. The molecule has 6 nitrogen and oxygen atoms in total. The van der Waals surface area contributed by atoms with E-state index in [4.69, 9.17) is 10.1 Å². The van der Waals surface area contributed by atoms with Gasteiger partial charge in [0.05, 0.1) is 56.9 Å². The van der Waals surface area contributed by atoms with Gasteiger partial charge in [0, 0.05) is 44.2 Å². The Bertz CT molecular complexity index is 3050. The maximum atomic E-state index is 4.91. The number of benzene rings is 6. The molecular formula is C44H28N6. The van der Waals surface area contributed by atoms with Crippen molar-refractivity contribution < 1.29 is 0 Å². The fraction of sp³-hybridized carbons (Fsp3) is 0. The first kappa shape index (κ1) is 27.1. The molecule has 11 aromatic rings. The molecule has 0 fully saturated rings. The van der Waals surface area contributed by atoms with E-state index in [0.29, 0.717) is 0 Å². The van der Waals surface area contributed by atoms with Crippen LogP contribution in [0.3, 0.4) is 0 Å². The van der Waals surface area contributed by atoms with Crippen LogP contribution in [0.4, 0.5) is 0 Å². The summed E-state index contributed by atoms with van der Waals surface area (Å²) in [5.74, 6) is 0.901. The van der Waals surface area contributed by atoms with Crippen molar-refractivity contribution in [2.75, 3.05) is 0 Å². The van der Waals surface area contributed by atoms with E-state index in [1.54, 1.807) is 0 Å². The molecule has 0 aliphatic carbocycles. The van der Waals surface area contributed by atoms with Crippen molar-refractivity contribution in [3.8, 4) is 22.9 Å². The highest BCUT2D eigenvalue weighted by atomic mass is 15.3. The Morgan fingerprint density at radius 2 is 0.820 bits per heavy atom. The molecule has 0 aliphatic rings. The molecule has 6 heteroatoms. The normalized spacial score (nSPS) is 12.0. The summed E-state index contributed by atoms with van der Waals surface area (Å²) < 4.78 is 8.95. The summed E-state index contributed by atoms with van der Waals surface area (Å²) in [6.45, 7) is 0. The molecule has 0 saturated carbocycles. The topological polar surface area (TPSA) is 45.5 Å². The summed E-state index contributed by atoms with van der Waals surface area (Å²) in [4.78, 5) is 4.76. The lowest BCUT2D eigenvalue weighted by Gasteiger charge is -2.11. The van der Waals surface area contributed by atoms with Crippen LogP contribution < -0.4 is 0 Å². The van der Waals surface area contributed by atoms with E-state index in [9.17, 15) is 0 Å². The lowest BCUT2D eigenvalue weighted by atomic mass is 10.1. The Morgan fingerprint density at radius 1 is 0.360 bits per heavy atom. The van der Waals surface area contributed by atoms with Crippen molar-refractivity contribution in [1.29, 1.82) is 0 Å². The Labute approximate surface area is 286 Å². The van der Waals surface area contributed by atoms with Crippen LogP contribution in [-0.4, -0.2) is 28.5 Å². The van der Waals surface area contributed by atoms with Crippen LogP contribution in [0.5, 0.6) is 0 Å². The van der Waals surface area contributed by atoms with Crippen LogP contribution >= 0.6 is 0 Å². The largest absolute Gasteiger partial charge is 0.309 e. The molecule has 11 rings (SSSR count). The molecule has 234 valence electrons. The molecule has 0 spiro atoms. The van der Waals surface area contributed by atoms with Crippen LogP contribution in [0.15, 0.2) is 170 Å². The second kappa shape index (κ2) is 10.3. The molecule has 0 atom stereocenters. The van der Waals surface area contributed by atoms with Crippen LogP contribution in [0.2, 0.25) is 0 Å². The third kappa shape index (κ3) is 3.78. The van der Waals surface area contributed by atoms with E-state index in [2.05, 4.69) is 159 Å². The van der Waals surface area contributed by atoms with Crippen LogP contribution in [0, 0.1) is 0 Å². The van der Waals surface area contributed by atoms with Gasteiger partial charge in [-0.25, -0.2) is 9.67 Å². The van der Waals surface area contributed by atoms with E-state index in [-0.39, 0.29) is 0 Å². The van der Waals surface area contributed by atoms with Gasteiger partial charge in [-0.3, -0.25) is 4.57 Å². The molecule has 0 unspecified atom stereocenters. The first-order valence-electron chi connectivity index (χ1n) is 16.8. The first-order valence-corrected chi connectivity index (χ1v) is 16.8. The maximum absolute atomic E-state index is 4.91. The predicted octanol–water partition coefficient (Wildman–Crippen LogP) is 10.6. The molecule has 5 heterocycles. The zero-order valence-corrected chi connectivity index (χ0v) is 26.8. The molecule has 0 radical (unpaired) electrons. The van der Waals surface area contributed by atoms with Gasteiger partial charge in [0.1, 0.15) is 5.82 Å². The lowest BCUT2D eigenvalue weighted by molar-refractivity contribution is 0.881. The fourth-order valence-corrected chi connectivity index (χ4v) is 7.98. The van der Waals surface area contributed by atoms with E-state index < -0.39 is 0 Å². The molecule has 6 aromatic carbocycles. The van der Waals surface area contributed by atoms with Crippen LogP contribution in [0.1, 0.15) is 0 Å². The molecule has 0 aliphatic heterocycles. The Hall–Kier alpha value is -6.92. The second-order valence-electron chi connectivity index (χ2n) is 12.8. The predicted molar refractivity (Wildman–Crippen MR) is 204 cm³/mol. The SMILES string of the molecule is c1ccc(-n2c3ccccc3c3ccc(-n4c5ccccc5c5ccc(-n6cc(-n7c8ccccc8c8ccccc87)cn6)cc54)cc32)nc1. The molecule has 50 heavy (non-hydrogen) atoms. The van der Waals surface area contributed by atoms with Crippen molar-refractivity contribution in [3.63, 3.8) is 0 Å². The summed E-state index contributed by atoms with van der Waals surface area (Å²) in [7, 11) is 0. The number of rotatable bonds is 4. The molecule has 0 N–H and O–H groups in total. The summed E-state index contributed by atoms with van der Waals surface area (Å²) >= 11 is 0. The summed E-state index contributed by atoms with van der Waals surface area (Å²) in [6.07, 6.45) is 5.95. The standard InChI is InChI=1S/C44H28N6/c1-6-16-39-32(11-1)33-12-2-7-17-40(33)49(39)31-27-46-47(28-31)29-20-22-36-34-13-3-5-15-38(34)48(42(36)25-29)30-21-23-37-35-14-4-8-18-41(35)50(43(37)26-30)44-19-9-10-24-45-44/h1-28H. The van der Waals surface area contributed by atoms with Gasteiger partial charge < -0.3 is 9.13 Å². The smallest absolute Gasteiger partial charge is 0.137 e. The number of pyridine rings is 1. The number of nitrogens with zero attached hydrogens (tertiary/aromatic N) is 6. The minimum atomic E-state index is 0.901. The molecule has 0 amide bonds. The zero-order valence-electron chi connectivity index (χ0n) is 26.8. The van der Waals surface area contributed by atoms with Gasteiger partial charge in [-0.15, -0.1) is 0 Å². The third-order valence-corrected chi connectivity index (χ3v) is 10.1. The van der Waals surface area contributed by atoms with E-state index >= 15 is 0 Å². The highest BCUT2D eigenvalue weighted by molar-refractivity contribution is 6.12. The van der Waals surface area contributed by atoms with Crippen molar-refractivity contribution in [3.05, 3.63) is 170 Å².